The Kier molecular flexibility index (Phi) is 4.54. The summed E-state index contributed by atoms with van der Waals surface area (Å²) in [6.45, 7) is 0. The van der Waals surface area contributed by atoms with Crippen LogP contribution in [0.5, 0.6) is 0 Å². The molecule has 0 atom stereocenters. The Morgan fingerprint density at radius 2 is 1.65 bits per heavy atom. The van der Waals surface area contributed by atoms with E-state index in [2.05, 4.69) is 10.5 Å². The van der Waals surface area contributed by atoms with Crippen LogP contribution in [-0.2, 0) is 0 Å². The van der Waals surface area contributed by atoms with Gasteiger partial charge < -0.3 is 5.73 Å². The van der Waals surface area contributed by atoms with Gasteiger partial charge in [-0.25, -0.2) is 0 Å². The molecule has 0 radical (unpaired) electrons. The molecule has 0 amide bonds. The van der Waals surface area contributed by atoms with Gasteiger partial charge in [0.05, 0.1) is 5.71 Å². The van der Waals surface area contributed by atoms with Gasteiger partial charge in [0.25, 0.3) is 0 Å². The van der Waals surface area contributed by atoms with E-state index < -0.39 is 0 Å². The van der Waals surface area contributed by atoms with Crippen LogP contribution in [0.1, 0.15) is 57.8 Å². The normalized spacial score (nSPS) is 23.9. The van der Waals surface area contributed by atoms with Crippen LogP contribution >= 0.6 is 12.2 Å². The van der Waals surface area contributed by atoms with Gasteiger partial charge in [-0.2, -0.15) is 5.10 Å². The Bertz CT molecular complexity index is 350. The van der Waals surface area contributed by atoms with Crippen molar-refractivity contribution in [1.29, 1.82) is 0 Å². The van der Waals surface area contributed by atoms with Gasteiger partial charge in [0.1, 0.15) is 0 Å². The maximum absolute atomic E-state index is 5.43. The van der Waals surface area contributed by atoms with E-state index >= 15 is 0 Å². The Balaban J connectivity index is 2.16. The van der Waals surface area contributed by atoms with E-state index in [9.17, 15) is 0 Å². The number of nitrogens with zero attached hydrogens (tertiary/aromatic N) is 1. The largest absolute Gasteiger partial charge is 0.375 e. The summed E-state index contributed by atoms with van der Waals surface area (Å²) < 4.78 is 0. The molecule has 94 valence electrons. The molecule has 2 aliphatic rings. The number of nitrogens with one attached hydrogen (secondary N) is 1. The van der Waals surface area contributed by atoms with Crippen LogP contribution in [0.25, 0.3) is 0 Å². The van der Waals surface area contributed by atoms with Gasteiger partial charge in [-0.15, -0.1) is 0 Å². The van der Waals surface area contributed by atoms with E-state index in [-0.39, 0.29) is 5.11 Å². The Morgan fingerprint density at radius 1 is 1.00 bits per heavy atom. The minimum Gasteiger partial charge on any atom is -0.375 e. The predicted molar refractivity (Wildman–Crippen MR) is 75.9 cm³/mol. The smallest absolute Gasteiger partial charge is 0.184 e. The summed E-state index contributed by atoms with van der Waals surface area (Å²) in [5, 5.41) is 4.64. The fourth-order valence-corrected chi connectivity index (χ4v) is 2.84. The maximum Gasteiger partial charge on any atom is 0.184 e. The number of thiocarbonyl (C=S) groups is 1. The minimum absolute atomic E-state index is 0.260. The van der Waals surface area contributed by atoms with Gasteiger partial charge in [-0.05, 0) is 69.2 Å². The average molecular weight is 251 g/mol. The molecule has 0 bridgehead atoms. The second-order valence-corrected chi connectivity index (χ2v) is 5.32. The number of nitrogens with two attached hydrogens (primary N) is 1. The van der Waals surface area contributed by atoms with Crippen molar-refractivity contribution in [3.05, 3.63) is 11.1 Å². The third-order valence-electron chi connectivity index (χ3n) is 3.62. The molecule has 3 nitrogen and oxygen atoms in total. The molecule has 0 unspecified atom stereocenters. The number of hydrazone groups is 1. The zero-order valence-electron chi connectivity index (χ0n) is 10.3. The summed E-state index contributed by atoms with van der Waals surface area (Å²) in [6, 6.07) is 0. The van der Waals surface area contributed by atoms with E-state index in [1.807, 2.05) is 0 Å². The monoisotopic (exact) mass is 251 g/mol. The lowest BCUT2D eigenvalue weighted by Gasteiger charge is -2.24. The summed E-state index contributed by atoms with van der Waals surface area (Å²) in [4.78, 5) is 0. The number of allylic oxidation sites excluding steroid dienone is 2. The first-order valence-corrected chi connectivity index (χ1v) is 7.01. The molecule has 17 heavy (non-hydrogen) atoms. The molecule has 0 aromatic heterocycles. The molecule has 0 spiro atoms. The second-order valence-electron chi connectivity index (χ2n) is 4.88. The van der Waals surface area contributed by atoms with E-state index in [1.165, 1.54) is 62.7 Å². The summed E-state index contributed by atoms with van der Waals surface area (Å²) in [5.41, 5.74) is 12.5. The van der Waals surface area contributed by atoms with Crippen molar-refractivity contribution in [1.82, 2.24) is 5.43 Å². The molecule has 2 saturated carbocycles. The highest BCUT2D eigenvalue weighted by atomic mass is 32.1. The van der Waals surface area contributed by atoms with Crippen LogP contribution < -0.4 is 11.2 Å². The van der Waals surface area contributed by atoms with Crippen molar-refractivity contribution in [2.45, 2.75) is 57.8 Å². The van der Waals surface area contributed by atoms with Crippen molar-refractivity contribution in [2.75, 3.05) is 0 Å². The average Bonchev–Trinajstić information content (AvgIpc) is 2.38. The number of hydrogen-bond acceptors (Lipinski definition) is 2. The lowest BCUT2D eigenvalue weighted by atomic mass is 9.83. The zero-order valence-corrected chi connectivity index (χ0v) is 11.1. The van der Waals surface area contributed by atoms with Gasteiger partial charge in [-0.1, -0.05) is 12.0 Å². The lowest BCUT2D eigenvalue weighted by Crippen LogP contribution is -2.27. The highest BCUT2D eigenvalue weighted by Gasteiger charge is 2.19. The molecule has 2 fully saturated rings. The van der Waals surface area contributed by atoms with Gasteiger partial charge in [-0.3, -0.25) is 5.43 Å². The summed E-state index contributed by atoms with van der Waals surface area (Å²) >= 11 is 4.80. The third-order valence-corrected chi connectivity index (χ3v) is 3.71. The van der Waals surface area contributed by atoms with E-state index in [1.54, 1.807) is 5.57 Å². The molecule has 0 aliphatic heterocycles. The fourth-order valence-electron chi connectivity index (χ4n) is 2.80. The lowest BCUT2D eigenvalue weighted by molar-refractivity contribution is 0.587. The van der Waals surface area contributed by atoms with Gasteiger partial charge in [0.15, 0.2) is 5.11 Å². The summed E-state index contributed by atoms with van der Waals surface area (Å²) in [5.74, 6) is 0. The molecule has 2 rings (SSSR count). The van der Waals surface area contributed by atoms with Crippen molar-refractivity contribution in [3.63, 3.8) is 0 Å². The van der Waals surface area contributed by atoms with E-state index in [0.29, 0.717) is 0 Å². The van der Waals surface area contributed by atoms with Gasteiger partial charge in [0.2, 0.25) is 0 Å². The third kappa shape index (κ3) is 3.53. The van der Waals surface area contributed by atoms with Crippen LogP contribution in [0, 0.1) is 0 Å². The molecule has 0 saturated heterocycles. The van der Waals surface area contributed by atoms with Crippen LogP contribution in [0.4, 0.5) is 0 Å². The molecular formula is C13H21N3S. The molecule has 0 heterocycles. The SMILES string of the molecule is NC(=S)N/N=C1/CCCCC1=C1CCCCC1. The first-order valence-electron chi connectivity index (χ1n) is 6.60. The van der Waals surface area contributed by atoms with Crippen LogP contribution in [0.2, 0.25) is 0 Å². The minimum atomic E-state index is 0.260. The number of rotatable bonds is 1. The van der Waals surface area contributed by atoms with E-state index in [0.717, 1.165) is 6.42 Å². The fraction of sp³-hybridized carbons (Fsp3) is 0.692. The quantitative estimate of drug-likeness (QED) is 0.556. The Morgan fingerprint density at radius 3 is 2.35 bits per heavy atom. The topological polar surface area (TPSA) is 50.4 Å². The van der Waals surface area contributed by atoms with Gasteiger partial charge >= 0.3 is 0 Å². The Labute approximate surface area is 109 Å². The van der Waals surface area contributed by atoms with E-state index in [4.69, 9.17) is 18.0 Å². The summed E-state index contributed by atoms with van der Waals surface area (Å²) in [6.07, 6.45) is 11.4. The van der Waals surface area contributed by atoms with Gasteiger partial charge in [0, 0.05) is 0 Å². The molecular weight excluding hydrogens is 230 g/mol. The predicted octanol–water partition coefficient (Wildman–Crippen LogP) is 3.01. The number of hydrogen-bond donors (Lipinski definition) is 2. The first-order chi connectivity index (χ1) is 8.27. The molecule has 3 N–H and O–H groups in total. The zero-order chi connectivity index (χ0) is 12.1. The Hall–Kier alpha value is -0.900. The standard InChI is InChI=1S/C13H21N3S/c14-13(17)16-15-12-9-5-4-8-11(12)10-6-2-1-3-7-10/h1-9H2,(H3,14,16,17)/b15-12-. The first kappa shape index (κ1) is 12.6. The highest BCUT2D eigenvalue weighted by molar-refractivity contribution is 7.80. The van der Waals surface area contributed by atoms with Crippen LogP contribution in [-0.4, -0.2) is 10.8 Å². The maximum atomic E-state index is 5.43. The van der Waals surface area contributed by atoms with Crippen molar-refractivity contribution in [2.24, 2.45) is 10.8 Å². The highest BCUT2D eigenvalue weighted by Crippen LogP contribution is 2.32. The summed E-state index contributed by atoms with van der Waals surface area (Å²) in [7, 11) is 0. The van der Waals surface area contributed by atoms with Crippen LogP contribution in [0.15, 0.2) is 16.2 Å². The van der Waals surface area contributed by atoms with Crippen molar-refractivity contribution in [3.8, 4) is 0 Å². The van der Waals surface area contributed by atoms with Crippen LogP contribution in [0.3, 0.4) is 0 Å². The molecule has 0 aromatic carbocycles. The van der Waals surface area contributed by atoms with Crippen molar-refractivity contribution >= 4 is 23.0 Å². The molecule has 2 aliphatic carbocycles. The molecule has 4 heteroatoms. The second kappa shape index (κ2) is 6.15. The van der Waals surface area contributed by atoms with Crippen molar-refractivity contribution < 1.29 is 0 Å². The molecule has 0 aromatic rings.